The third-order valence-corrected chi connectivity index (χ3v) is 5.66. The number of hydrogen-bond donors (Lipinski definition) is 0. The first-order valence-corrected chi connectivity index (χ1v) is 10.5. The maximum atomic E-state index is 13.5. The minimum atomic E-state index is -1.96. The lowest BCUT2D eigenvalue weighted by molar-refractivity contribution is -0.155. The minimum Gasteiger partial charge on any atom is -0.276 e. The molecule has 0 radical (unpaired) electrons. The van der Waals surface area contributed by atoms with Crippen molar-refractivity contribution in [1.82, 2.24) is 9.80 Å². The van der Waals surface area contributed by atoms with Crippen LogP contribution < -0.4 is 0 Å². The molecule has 2 heterocycles. The van der Waals surface area contributed by atoms with Gasteiger partial charge >= 0.3 is 0 Å². The molecule has 2 aliphatic heterocycles. The highest BCUT2D eigenvalue weighted by molar-refractivity contribution is 6.10. The molecule has 0 N–H and O–H groups in total. The van der Waals surface area contributed by atoms with Crippen molar-refractivity contribution < 1.29 is 19.2 Å². The zero-order chi connectivity index (χ0) is 27.4. The molecule has 2 aliphatic rings. The van der Waals surface area contributed by atoms with E-state index < -0.39 is 58.4 Å². The van der Waals surface area contributed by atoms with Crippen molar-refractivity contribution in [3.63, 3.8) is 0 Å². The molecule has 0 saturated heterocycles. The maximum Gasteiger partial charge on any atom is 0.272 e. The molecule has 4 unspecified atom stereocenters. The molecule has 0 aromatic rings. The van der Waals surface area contributed by atoms with E-state index in [1.165, 1.54) is 27.7 Å². The lowest BCUT2D eigenvalue weighted by atomic mass is 9.88. The van der Waals surface area contributed by atoms with Crippen molar-refractivity contribution in [3.8, 4) is 96.7 Å². The van der Waals surface area contributed by atoms with E-state index in [-0.39, 0.29) is 0 Å². The Bertz CT molecular complexity index is 1390. The zero-order valence-corrected chi connectivity index (χ0v) is 20.3. The van der Waals surface area contributed by atoms with Crippen LogP contribution in [0.4, 0.5) is 0 Å². The zero-order valence-electron chi connectivity index (χ0n) is 20.3. The molecule has 36 heavy (non-hydrogen) atoms. The van der Waals surface area contributed by atoms with Gasteiger partial charge in [0.2, 0.25) is 10.8 Å². The Morgan fingerprint density at radius 3 is 1.19 bits per heavy atom. The molecular formula is C30H20N2O4. The van der Waals surface area contributed by atoms with Crippen LogP contribution in [-0.2, 0) is 19.2 Å². The van der Waals surface area contributed by atoms with E-state index in [9.17, 15) is 19.2 Å². The predicted molar refractivity (Wildman–Crippen MR) is 132 cm³/mol. The third-order valence-electron chi connectivity index (χ3n) is 5.66. The van der Waals surface area contributed by atoms with Crippen molar-refractivity contribution in [3.05, 3.63) is 0 Å². The summed E-state index contributed by atoms with van der Waals surface area (Å²) < 4.78 is 0. The van der Waals surface area contributed by atoms with E-state index in [1.807, 2.05) is 0 Å². The van der Waals surface area contributed by atoms with Gasteiger partial charge in [0.25, 0.3) is 23.6 Å². The lowest BCUT2D eigenvalue weighted by Gasteiger charge is -2.32. The Balaban J connectivity index is 2.64. The van der Waals surface area contributed by atoms with Gasteiger partial charge in [0.05, 0.1) is 0 Å². The summed E-state index contributed by atoms with van der Waals surface area (Å²) in [4.78, 5) is 55.1. The van der Waals surface area contributed by atoms with E-state index in [1.54, 1.807) is 0 Å². The third kappa shape index (κ3) is 4.07. The monoisotopic (exact) mass is 472 g/mol. The average Bonchev–Trinajstić information content (AvgIpc) is 3.01. The normalized spacial score (nSPS) is 30.4. The molecule has 0 fully saturated rings. The summed E-state index contributed by atoms with van der Waals surface area (Å²) in [5.74, 6) is 26.0. The lowest BCUT2D eigenvalue weighted by Crippen LogP contribution is -2.54. The largest absolute Gasteiger partial charge is 0.276 e. The van der Waals surface area contributed by atoms with Gasteiger partial charge in [-0.25, -0.2) is 0 Å². The topological polar surface area (TPSA) is 74.8 Å². The first kappa shape index (κ1) is 27.0. The number of terminal acetylenes is 4. The van der Waals surface area contributed by atoms with Gasteiger partial charge in [-0.05, 0) is 27.7 Å². The van der Waals surface area contributed by atoms with Crippen LogP contribution in [-0.4, -0.2) is 46.5 Å². The highest BCUT2D eigenvalue weighted by atomic mass is 16.2. The van der Waals surface area contributed by atoms with E-state index in [2.05, 4.69) is 71.0 Å². The number of imide groups is 2. The highest BCUT2D eigenvalue weighted by Crippen LogP contribution is 2.31. The summed E-state index contributed by atoms with van der Waals surface area (Å²) in [6.07, 6.45) is 22.3. The molecule has 6 nitrogen and oxygen atoms in total. The molecule has 2 rings (SSSR count). The van der Waals surface area contributed by atoms with Gasteiger partial charge < -0.3 is 0 Å². The van der Waals surface area contributed by atoms with E-state index in [4.69, 9.17) is 25.7 Å². The Kier molecular flexibility index (Phi) is 7.17. The van der Waals surface area contributed by atoms with Crippen molar-refractivity contribution in [1.29, 1.82) is 0 Å². The number of nitrogens with zero attached hydrogens (tertiary/aromatic N) is 2. The van der Waals surface area contributed by atoms with Crippen LogP contribution in [0.1, 0.15) is 27.7 Å². The fourth-order valence-corrected chi connectivity index (χ4v) is 3.39. The second kappa shape index (κ2) is 9.55. The van der Waals surface area contributed by atoms with Gasteiger partial charge in [0.1, 0.15) is 0 Å². The van der Waals surface area contributed by atoms with Crippen LogP contribution in [0.15, 0.2) is 0 Å². The van der Waals surface area contributed by atoms with Crippen LogP contribution >= 0.6 is 0 Å². The number of hydrogen-bond acceptors (Lipinski definition) is 4. The van der Waals surface area contributed by atoms with Gasteiger partial charge in [-0.2, -0.15) is 0 Å². The average molecular weight is 473 g/mol. The SMILES string of the molecule is C#CC1(C)C#CC(C#C)(C#CC)C(=O)N(CCN2C(=O)C(C)(C#C)C#CC(C#C)(C#CC)C2=O)C1=O. The molecule has 0 saturated carbocycles. The van der Waals surface area contributed by atoms with Crippen LogP contribution in [0, 0.1) is 118 Å². The van der Waals surface area contributed by atoms with E-state index >= 15 is 0 Å². The summed E-state index contributed by atoms with van der Waals surface area (Å²) in [6.45, 7) is 4.61. The van der Waals surface area contributed by atoms with Gasteiger partial charge in [0, 0.05) is 13.1 Å². The van der Waals surface area contributed by atoms with Gasteiger partial charge in [-0.15, -0.1) is 37.5 Å². The highest BCUT2D eigenvalue weighted by Gasteiger charge is 2.50. The standard InChI is InChI=1S/C30H20N2O4/c1-9-15-29(13-5)19-17-27(7,11-3)23(33)31(25(29)35)21-22-32-24(34)28(8,12-4)18-20-30(14-6,16-10-2)26(32)36/h3-6H,21-22H2,1-2,7-8H3. The molecule has 0 bridgehead atoms. The fraction of sp³-hybridized carbons (Fsp3) is 0.333. The molecule has 0 aromatic heterocycles. The van der Waals surface area contributed by atoms with Crippen LogP contribution in [0.2, 0.25) is 0 Å². The Labute approximate surface area is 211 Å². The van der Waals surface area contributed by atoms with Crippen LogP contribution in [0.25, 0.3) is 0 Å². The molecule has 6 heteroatoms. The molecule has 0 aliphatic carbocycles. The summed E-state index contributed by atoms with van der Waals surface area (Å²) in [6, 6.07) is 0. The predicted octanol–water partition coefficient (Wildman–Crippen LogP) is 0.296. The molecule has 174 valence electrons. The number of amides is 4. The van der Waals surface area contributed by atoms with Crippen LogP contribution in [0.5, 0.6) is 0 Å². The van der Waals surface area contributed by atoms with Crippen molar-refractivity contribution in [2.45, 2.75) is 27.7 Å². The molecule has 0 aromatic carbocycles. The second-order valence-electron chi connectivity index (χ2n) is 8.10. The number of carbonyl (C=O) groups is 4. The Morgan fingerprint density at radius 1 is 0.611 bits per heavy atom. The quantitative estimate of drug-likeness (QED) is 0.438. The van der Waals surface area contributed by atoms with Gasteiger partial charge in [-0.1, -0.05) is 59.2 Å². The molecule has 4 amide bonds. The van der Waals surface area contributed by atoms with Gasteiger partial charge in [0.15, 0.2) is 10.8 Å². The molecule has 0 spiro atoms. The van der Waals surface area contributed by atoms with Crippen molar-refractivity contribution in [2.75, 3.05) is 13.1 Å². The summed E-state index contributed by atoms with van der Waals surface area (Å²) >= 11 is 0. The van der Waals surface area contributed by atoms with Crippen LogP contribution in [0.3, 0.4) is 0 Å². The second-order valence-corrected chi connectivity index (χ2v) is 8.10. The number of rotatable bonds is 3. The maximum absolute atomic E-state index is 13.5. The first-order chi connectivity index (χ1) is 16.9. The smallest absolute Gasteiger partial charge is 0.272 e. The first-order valence-electron chi connectivity index (χ1n) is 10.5. The summed E-state index contributed by atoms with van der Waals surface area (Å²) in [5, 5.41) is 0. The fourth-order valence-electron chi connectivity index (χ4n) is 3.39. The van der Waals surface area contributed by atoms with Crippen molar-refractivity contribution >= 4 is 23.6 Å². The number of carbonyl (C=O) groups excluding carboxylic acids is 4. The molecular weight excluding hydrogens is 452 g/mol. The van der Waals surface area contributed by atoms with E-state index in [0.29, 0.717) is 0 Å². The Morgan fingerprint density at radius 2 is 0.944 bits per heavy atom. The minimum absolute atomic E-state index is 0.495. The van der Waals surface area contributed by atoms with Crippen molar-refractivity contribution in [2.24, 2.45) is 21.7 Å². The Hall–Kier alpha value is -5.24. The van der Waals surface area contributed by atoms with E-state index in [0.717, 1.165) is 9.80 Å². The summed E-state index contributed by atoms with van der Waals surface area (Å²) in [5.41, 5.74) is -7.36. The molecule has 4 atom stereocenters. The van der Waals surface area contributed by atoms with Gasteiger partial charge in [-0.3, -0.25) is 29.0 Å². The summed E-state index contributed by atoms with van der Waals surface area (Å²) in [7, 11) is 0.